The van der Waals surface area contributed by atoms with E-state index < -0.39 is 53.6 Å². The highest BCUT2D eigenvalue weighted by Crippen LogP contribution is 2.33. The van der Waals surface area contributed by atoms with Crippen LogP contribution in [0.4, 0.5) is 0 Å². The van der Waals surface area contributed by atoms with Gasteiger partial charge in [-0.25, -0.2) is 9.59 Å². The van der Waals surface area contributed by atoms with Crippen molar-refractivity contribution in [3.05, 3.63) is 197 Å². The number of hydrogen-bond acceptors (Lipinski definition) is 15. The number of aromatic hydroxyl groups is 2. The fourth-order valence-electron chi connectivity index (χ4n) is 7.24. The maximum absolute atomic E-state index is 13.4. The van der Waals surface area contributed by atoms with E-state index in [-0.39, 0.29) is 58.2 Å². The van der Waals surface area contributed by atoms with Gasteiger partial charge in [0.1, 0.15) is 33.3 Å². The minimum absolute atomic E-state index is 0.0813. The molecule has 0 unspecified atom stereocenters. The van der Waals surface area contributed by atoms with Crippen LogP contribution in [0.15, 0.2) is 156 Å². The number of rotatable bonds is 20. The first-order chi connectivity index (χ1) is 37.2. The van der Waals surface area contributed by atoms with Gasteiger partial charge in [-0.1, -0.05) is 97.1 Å². The van der Waals surface area contributed by atoms with Crippen molar-refractivity contribution in [2.24, 2.45) is 0 Å². The average molecular weight is 1110 g/mol. The highest BCUT2D eigenvalue weighted by atomic mass is 32.1. The van der Waals surface area contributed by atoms with Crippen LogP contribution in [0.2, 0.25) is 0 Å². The van der Waals surface area contributed by atoms with Crippen LogP contribution in [-0.4, -0.2) is 95.0 Å². The Balaban J connectivity index is 0.000000224. The van der Waals surface area contributed by atoms with E-state index in [9.17, 15) is 53.7 Å². The van der Waals surface area contributed by atoms with Gasteiger partial charge in [-0.3, -0.25) is 28.8 Å². The number of esters is 1. The van der Waals surface area contributed by atoms with Gasteiger partial charge < -0.3 is 52.0 Å². The molecule has 22 heteroatoms. The van der Waals surface area contributed by atoms with Crippen LogP contribution in [0.5, 0.6) is 11.5 Å². The first-order valence-electron chi connectivity index (χ1n) is 23.2. The fraction of sp³-hybridized carbons (Fsp3) is 0.127. The lowest BCUT2D eigenvalue weighted by Gasteiger charge is -2.17. The largest absolute Gasteiger partial charge is 0.508 e. The van der Waals surface area contributed by atoms with Gasteiger partial charge in [0.15, 0.2) is 0 Å². The number of amides is 6. The summed E-state index contributed by atoms with van der Waals surface area (Å²) in [5.41, 5.74) is 3.80. The molecule has 18 nitrogen and oxygen atoms in total. The molecule has 8 aromatic rings. The van der Waals surface area contributed by atoms with Gasteiger partial charge in [-0.15, -0.1) is 45.3 Å². The maximum Gasteiger partial charge on any atom is 0.330 e. The molecule has 0 aliphatic carbocycles. The molecule has 4 heterocycles. The number of carbonyl (C=O) groups is 8. The van der Waals surface area contributed by atoms with Crippen LogP contribution in [-0.2, 0) is 27.4 Å². The van der Waals surface area contributed by atoms with Crippen molar-refractivity contribution in [3.63, 3.8) is 0 Å². The number of hydrogen-bond donors (Lipinski definition) is 9. The predicted octanol–water partition coefficient (Wildman–Crippen LogP) is 7.54. The molecule has 0 aliphatic rings. The van der Waals surface area contributed by atoms with Crippen LogP contribution in [0, 0.1) is 0 Å². The summed E-state index contributed by atoms with van der Waals surface area (Å²) in [6.07, 6.45) is 0. The average Bonchev–Trinajstić information content (AvgIpc) is 4.34. The van der Waals surface area contributed by atoms with Gasteiger partial charge in [0.05, 0.1) is 26.6 Å². The van der Waals surface area contributed by atoms with Gasteiger partial charge in [0.2, 0.25) is 0 Å². The van der Waals surface area contributed by atoms with Gasteiger partial charge in [-0.2, -0.15) is 0 Å². The van der Waals surface area contributed by atoms with Crippen molar-refractivity contribution >= 4 is 92.7 Å². The number of ether oxygens (including phenoxy) is 1. The number of nitrogens with one attached hydrogen (secondary N) is 6. The van der Waals surface area contributed by atoms with E-state index in [2.05, 4.69) is 31.9 Å². The Morgan fingerprint density at radius 2 is 0.883 bits per heavy atom. The predicted molar refractivity (Wildman–Crippen MR) is 294 cm³/mol. The summed E-state index contributed by atoms with van der Waals surface area (Å²) in [7, 11) is 1.19. The number of carboxylic acids is 1. The molecular formula is C55H48N6O12S4. The molecule has 0 saturated heterocycles. The van der Waals surface area contributed by atoms with Gasteiger partial charge >= 0.3 is 11.9 Å². The van der Waals surface area contributed by atoms with Gasteiger partial charge in [0, 0.05) is 37.3 Å². The lowest BCUT2D eigenvalue weighted by Crippen LogP contribution is -2.48. The van der Waals surface area contributed by atoms with Crippen LogP contribution < -0.4 is 31.9 Å². The zero-order valence-corrected chi connectivity index (χ0v) is 43.9. The Kier molecular flexibility index (Phi) is 19.6. The van der Waals surface area contributed by atoms with Crippen molar-refractivity contribution < 1.29 is 58.4 Å². The minimum atomic E-state index is -1.39. The molecule has 8 rings (SSSR count). The molecule has 6 amide bonds. The van der Waals surface area contributed by atoms with Crippen LogP contribution in [0.25, 0.3) is 22.3 Å². The highest BCUT2D eigenvalue weighted by molar-refractivity contribution is 7.17. The second kappa shape index (κ2) is 27.0. The number of thiophene rings is 4. The van der Waals surface area contributed by atoms with Crippen LogP contribution in [0.3, 0.4) is 0 Å². The number of phenolic OH excluding ortho intramolecular Hbond substituents is 2. The number of aliphatic carboxylic acids is 1. The SMILES string of the molecule is COC(=O)[C@H](CNC(=O)c1cccs1)NC(=O)c1sc(C(=O)NCc2cccc(O)c2)cc1-c1ccccc1.O=C(NC[C@H](NC(=O)c1sc(C(=O)NCc2cccc(O)c2)cc1-c1ccccc1)C(=O)O)c1cccs1. The van der Waals surface area contributed by atoms with Crippen molar-refractivity contribution in [2.45, 2.75) is 25.2 Å². The Morgan fingerprint density at radius 3 is 1.27 bits per heavy atom. The summed E-state index contributed by atoms with van der Waals surface area (Å²) in [6.45, 7) is -0.153. The molecule has 77 heavy (non-hydrogen) atoms. The first kappa shape index (κ1) is 55.8. The molecule has 4 aromatic carbocycles. The maximum atomic E-state index is 13.4. The summed E-state index contributed by atoms with van der Waals surface area (Å²) in [5.74, 6) is -4.77. The minimum Gasteiger partial charge on any atom is -0.508 e. The number of carboxylic acid groups (broad SMARTS) is 1. The van der Waals surface area contributed by atoms with Gasteiger partial charge in [-0.05, 0) is 81.5 Å². The van der Waals surface area contributed by atoms with Crippen molar-refractivity contribution in [1.29, 1.82) is 0 Å². The molecule has 0 saturated carbocycles. The quantitative estimate of drug-likeness (QED) is 0.0335. The second-order valence-electron chi connectivity index (χ2n) is 16.4. The normalized spacial score (nSPS) is 11.3. The molecular weight excluding hydrogens is 1060 g/mol. The first-order valence-corrected chi connectivity index (χ1v) is 26.6. The number of phenols is 2. The third kappa shape index (κ3) is 15.6. The summed E-state index contributed by atoms with van der Waals surface area (Å²) in [4.78, 5) is 103. The van der Waals surface area contributed by atoms with Crippen molar-refractivity contribution in [2.75, 3.05) is 20.2 Å². The summed E-state index contributed by atoms with van der Waals surface area (Å²) >= 11 is 4.38. The number of carbonyl (C=O) groups excluding carboxylic acids is 7. The van der Waals surface area contributed by atoms with Gasteiger partial charge in [0.25, 0.3) is 35.4 Å². The highest BCUT2D eigenvalue weighted by Gasteiger charge is 2.29. The second-order valence-corrected chi connectivity index (χ2v) is 20.4. The summed E-state index contributed by atoms with van der Waals surface area (Å²) in [6, 6.07) is 38.4. The molecule has 0 fully saturated rings. The molecule has 0 bridgehead atoms. The number of methoxy groups -OCH3 is 1. The molecule has 394 valence electrons. The lowest BCUT2D eigenvalue weighted by atomic mass is 10.1. The Hall–Kier alpha value is -8.96. The molecule has 4 aromatic heterocycles. The van der Waals surface area contributed by atoms with E-state index in [1.807, 2.05) is 36.4 Å². The van der Waals surface area contributed by atoms with E-state index in [4.69, 9.17) is 4.74 Å². The fourth-order valence-corrected chi connectivity index (χ4v) is 10.5. The van der Waals surface area contributed by atoms with E-state index >= 15 is 0 Å². The molecule has 2 atom stereocenters. The van der Waals surface area contributed by atoms with E-state index in [0.717, 1.165) is 22.7 Å². The Labute approximate surface area is 456 Å². The van der Waals surface area contributed by atoms with Crippen LogP contribution in [0.1, 0.15) is 69.2 Å². The molecule has 0 aliphatic heterocycles. The molecule has 9 N–H and O–H groups in total. The van der Waals surface area contributed by atoms with E-state index in [1.54, 1.807) is 102 Å². The Morgan fingerprint density at radius 1 is 0.468 bits per heavy atom. The standard InChI is InChI=1S/C28H25N3O6S2.C27H23N3O6S2/c1-37-28(36)21(16-30-25(33)22-11-6-12-38-22)31-27(35)24-20(18-8-3-2-4-9-18)14-23(39-24)26(34)29-15-17-7-5-10-19(32)13-17;31-18-9-4-6-16(12-18)14-28-25(33)22-13-19(17-7-2-1-3-8-17)23(38-22)26(34)30-20(27(35)36)15-29-24(32)21-10-5-11-37-21/h2-14,21,32H,15-16H2,1H3,(H,29,34)(H,30,33)(H,31,35);1-13,20,31H,14-15H2,(H,28,33)(H,29,32)(H,30,34)(H,35,36)/t21-;20-/m00/s1. The summed E-state index contributed by atoms with van der Waals surface area (Å²) < 4.78 is 4.83. The third-order valence-electron chi connectivity index (χ3n) is 11.0. The topological polar surface area (TPSA) is 279 Å². The van der Waals surface area contributed by atoms with Crippen molar-refractivity contribution in [1.82, 2.24) is 31.9 Å². The zero-order chi connectivity index (χ0) is 54.8. The zero-order valence-electron chi connectivity index (χ0n) is 40.6. The van der Waals surface area contributed by atoms with Crippen LogP contribution >= 0.6 is 45.3 Å². The Bertz CT molecular complexity index is 3360. The number of benzene rings is 4. The summed E-state index contributed by atoms with van der Waals surface area (Å²) in [5, 5.41) is 48.2. The smallest absolute Gasteiger partial charge is 0.330 e. The van der Waals surface area contributed by atoms with E-state index in [0.29, 0.717) is 48.0 Å². The lowest BCUT2D eigenvalue weighted by molar-refractivity contribution is -0.142. The molecule has 0 spiro atoms. The monoisotopic (exact) mass is 1110 g/mol. The van der Waals surface area contributed by atoms with E-state index in [1.165, 1.54) is 48.0 Å². The third-order valence-corrected chi connectivity index (χ3v) is 15.0. The molecule has 0 radical (unpaired) electrons. The van der Waals surface area contributed by atoms with Crippen molar-refractivity contribution in [3.8, 4) is 33.8 Å².